The van der Waals surface area contributed by atoms with Crippen molar-refractivity contribution in [1.82, 2.24) is 9.97 Å². The van der Waals surface area contributed by atoms with Crippen LogP contribution >= 0.6 is 0 Å². The number of anilines is 2. The first-order chi connectivity index (χ1) is 9.13. The third-order valence-electron chi connectivity index (χ3n) is 3.65. The largest absolute Gasteiger partial charge is 0.370 e. The lowest BCUT2D eigenvalue weighted by atomic mass is 10.1. The summed E-state index contributed by atoms with van der Waals surface area (Å²) in [4.78, 5) is 11.9. The number of hydrogen-bond acceptors (Lipinski definition) is 4. The van der Waals surface area contributed by atoms with Gasteiger partial charge in [-0.1, -0.05) is 13.8 Å². The Balaban J connectivity index is 2.38. The third-order valence-corrected chi connectivity index (χ3v) is 3.65. The van der Waals surface area contributed by atoms with Gasteiger partial charge in [-0.05, 0) is 33.1 Å². The molecule has 1 fully saturated rings. The summed E-state index contributed by atoms with van der Waals surface area (Å²) in [6.45, 7) is 11.7. The van der Waals surface area contributed by atoms with E-state index in [0.717, 1.165) is 37.1 Å². The van der Waals surface area contributed by atoms with E-state index in [1.807, 2.05) is 0 Å². The van der Waals surface area contributed by atoms with Crippen LogP contribution in [0.4, 0.5) is 11.6 Å². The number of aromatic nitrogens is 2. The van der Waals surface area contributed by atoms with Crippen LogP contribution in [0.15, 0.2) is 0 Å². The molecule has 1 saturated heterocycles. The highest BCUT2D eigenvalue weighted by molar-refractivity contribution is 5.59. The first-order valence-electron chi connectivity index (χ1n) is 7.50. The van der Waals surface area contributed by atoms with Gasteiger partial charge >= 0.3 is 0 Å². The zero-order valence-electron chi connectivity index (χ0n) is 12.7. The molecule has 106 valence electrons. The zero-order valence-corrected chi connectivity index (χ0v) is 12.7. The van der Waals surface area contributed by atoms with Gasteiger partial charge in [0.25, 0.3) is 0 Å². The van der Waals surface area contributed by atoms with Gasteiger partial charge in [-0.15, -0.1) is 0 Å². The van der Waals surface area contributed by atoms with Gasteiger partial charge < -0.3 is 10.2 Å². The Hall–Kier alpha value is -1.32. The molecule has 0 radical (unpaired) electrons. The van der Waals surface area contributed by atoms with Crippen molar-refractivity contribution < 1.29 is 0 Å². The molecule has 2 heterocycles. The minimum atomic E-state index is 0.363. The number of hydrogen-bond donors (Lipinski definition) is 1. The first-order valence-corrected chi connectivity index (χ1v) is 7.50. The normalized spacial score (nSPS) is 15.9. The highest BCUT2D eigenvalue weighted by Gasteiger charge is 2.19. The fraction of sp³-hybridized carbons (Fsp3) is 0.733. The summed E-state index contributed by atoms with van der Waals surface area (Å²) in [5, 5.41) is 3.37. The van der Waals surface area contributed by atoms with E-state index in [4.69, 9.17) is 4.98 Å². The summed E-state index contributed by atoms with van der Waals surface area (Å²) < 4.78 is 0. The molecule has 0 bridgehead atoms. The molecule has 0 amide bonds. The van der Waals surface area contributed by atoms with Crippen LogP contribution in [-0.2, 0) is 0 Å². The quantitative estimate of drug-likeness (QED) is 0.903. The molecule has 19 heavy (non-hydrogen) atoms. The molecular weight excluding hydrogens is 236 g/mol. The van der Waals surface area contributed by atoms with Crippen LogP contribution in [0.2, 0.25) is 0 Å². The van der Waals surface area contributed by atoms with Gasteiger partial charge in [0.05, 0.1) is 0 Å². The maximum atomic E-state index is 4.81. The number of nitrogens with one attached hydrogen (secondary N) is 1. The molecule has 0 aliphatic carbocycles. The maximum absolute atomic E-state index is 4.81. The Labute approximate surface area is 116 Å². The van der Waals surface area contributed by atoms with E-state index in [9.17, 15) is 0 Å². The minimum absolute atomic E-state index is 0.363. The summed E-state index contributed by atoms with van der Waals surface area (Å²) >= 11 is 0. The van der Waals surface area contributed by atoms with E-state index in [1.165, 1.54) is 24.8 Å². The first kappa shape index (κ1) is 14.1. The SMILES string of the molecule is CCNc1nc(C(C)C)nc(N2CCCCC2)c1C. The second-order valence-electron chi connectivity index (χ2n) is 5.61. The second kappa shape index (κ2) is 6.22. The fourth-order valence-corrected chi connectivity index (χ4v) is 2.53. The molecule has 1 aliphatic heterocycles. The molecule has 0 saturated carbocycles. The summed E-state index contributed by atoms with van der Waals surface area (Å²) in [6.07, 6.45) is 3.89. The Bertz CT molecular complexity index is 422. The number of piperidine rings is 1. The van der Waals surface area contributed by atoms with Gasteiger partial charge in [0.2, 0.25) is 0 Å². The average Bonchev–Trinajstić information content (AvgIpc) is 2.42. The van der Waals surface area contributed by atoms with Crippen LogP contribution in [0.3, 0.4) is 0 Å². The van der Waals surface area contributed by atoms with Gasteiger partial charge in [-0.3, -0.25) is 0 Å². The van der Waals surface area contributed by atoms with Crippen molar-refractivity contribution in [2.45, 2.75) is 52.9 Å². The van der Waals surface area contributed by atoms with Crippen molar-refractivity contribution in [3.63, 3.8) is 0 Å². The van der Waals surface area contributed by atoms with Gasteiger partial charge in [-0.2, -0.15) is 0 Å². The van der Waals surface area contributed by atoms with Crippen LogP contribution in [0.5, 0.6) is 0 Å². The Kier molecular flexibility index (Phi) is 4.61. The molecule has 0 atom stereocenters. The third kappa shape index (κ3) is 3.17. The molecule has 1 aromatic heterocycles. The molecular formula is C15H26N4. The Morgan fingerprint density at radius 1 is 1.16 bits per heavy atom. The highest BCUT2D eigenvalue weighted by atomic mass is 15.2. The summed E-state index contributed by atoms with van der Waals surface area (Å²) in [7, 11) is 0. The average molecular weight is 262 g/mol. The van der Waals surface area contributed by atoms with Crippen molar-refractivity contribution in [3.05, 3.63) is 11.4 Å². The Morgan fingerprint density at radius 3 is 2.42 bits per heavy atom. The van der Waals surface area contributed by atoms with Crippen molar-refractivity contribution in [2.75, 3.05) is 29.9 Å². The van der Waals surface area contributed by atoms with Crippen LogP contribution in [0.1, 0.15) is 57.3 Å². The van der Waals surface area contributed by atoms with Crippen molar-refractivity contribution in [1.29, 1.82) is 0 Å². The zero-order chi connectivity index (χ0) is 13.8. The molecule has 1 aliphatic rings. The standard InChI is InChI=1S/C15H26N4/c1-5-16-14-12(4)15(18-13(17-14)11(2)3)19-9-7-6-8-10-19/h11H,5-10H2,1-4H3,(H,16,17,18). The van der Waals surface area contributed by atoms with Crippen LogP contribution < -0.4 is 10.2 Å². The van der Waals surface area contributed by atoms with Gasteiger partial charge in [0, 0.05) is 31.1 Å². The van der Waals surface area contributed by atoms with E-state index in [0.29, 0.717) is 5.92 Å². The van der Waals surface area contributed by atoms with Crippen molar-refractivity contribution >= 4 is 11.6 Å². The van der Waals surface area contributed by atoms with Gasteiger partial charge in [-0.25, -0.2) is 9.97 Å². The molecule has 0 unspecified atom stereocenters. The summed E-state index contributed by atoms with van der Waals surface area (Å²) in [5.74, 6) is 3.44. The second-order valence-corrected chi connectivity index (χ2v) is 5.61. The fourth-order valence-electron chi connectivity index (χ4n) is 2.53. The predicted octanol–water partition coefficient (Wildman–Crippen LogP) is 3.33. The van der Waals surface area contributed by atoms with E-state index in [-0.39, 0.29) is 0 Å². The Morgan fingerprint density at radius 2 is 1.84 bits per heavy atom. The molecule has 0 spiro atoms. The van der Waals surface area contributed by atoms with Crippen LogP contribution in [0.25, 0.3) is 0 Å². The number of nitrogens with zero attached hydrogens (tertiary/aromatic N) is 3. The minimum Gasteiger partial charge on any atom is -0.370 e. The molecule has 0 aromatic carbocycles. The lowest BCUT2D eigenvalue weighted by molar-refractivity contribution is 0.570. The van der Waals surface area contributed by atoms with Gasteiger partial charge in [0.1, 0.15) is 17.5 Å². The van der Waals surface area contributed by atoms with E-state index in [1.54, 1.807) is 0 Å². The van der Waals surface area contributed by atoms with E-state index >= 15 is 0 Å². The molecule has 1 N–H and O–H groups in total. The molecule has 1 aromatic rings. The summed E-state index contributed by atoms with van der Waals surface area (Å²) in [6, 6.07) is 0. The van der Waals surface area contributed by atoms with Crippen molar-refractivity contribution in [2.24, 2.45) is 0 Å². The predicted molar refractivity (Wildman–Crippen MR) is 81.1 cm³/mol. The smallest absolute Gasteiger partial charge is 0.137 e. The lowest BCUT2D eigenvalue weighted by Crippen LogP contribution is -2.31. The molecule has 2 rings (SSSR count). The monoisotopic (exact) mass is 262 g/mol. The van der Waals surface area contributed by atoms with Crippen LogP contribution in [-0.4, -0.2) is 29.6 Å². The van der Waals surface area contributed by atoms with E-state index in [2.05, 4.69) is 42.9 Å². The van der Waals surface area contributed by atoms with Crippen LogP contribution in [0, 0.1) is 6.92 Å². The molecule has 4 heteroatoms. The maximum Gasteiger partial charge on any atom is 0.137 e. The topological polar surface area (TPSA) is 41.1 Å². The summed E-state index contributed by atoms with van der Waals surface area (Å²) in [5.41, 5.74) is 1.19. The van der Waals surface area contributed by atoms with Crippen molar-refractivity contribution in [3.8, 4) is 0 Å². The van der Waals surface area contributed by atoms with E-state index < -0.39 is 0 Å². The highest BCUT2D eigenvalue weighted by Crippen LogP contribution is 2.28. The molecule has 4 nitrogen and oxygen atoms in total. The lowest BCUT2D eigenvalue weighted by Gasteiger charge is -2.30. The van der Waals surface area contributed by atoms with Gasteiger partial charge in [0.15, 0.2) is 0 Å². The number of rotatable bonds is 4.